The average molecular weight is 470 g/mol. The zero-order valence-electron chi connectivity index (χ0n) is 18.3. The van der Waals surface area contributed by atoms with Gasteiger partial charge in [-0.25, -0.2) is 4.99 Å². The summed E-state index contributed by atoms with van der Waals surface area (Å²) >= 11 is 0. The molecule has 2 aromatic carbocycles. The van der Waals surface area contributed by atoms with Crippen molar-refractivity contribution in [1.29, 1.82) is 5.26 Å². The van der Waals surface area contributed by atoms with Crippen LogP contribution in [0.3, 0.4) is 0 Å². The molecule has 10 heteroatoms. The van der Waals surface area contributed by atoms with Crippen LogP contribution in [0.25, 0.3) is 11.1 Å². The molecule has 0 aliphatic carbocycles. The first-order chi connectivity index (χ1) is 16.1. The standard InChI is InChI=1S/C24H21F3N4O3/c1-31-20(32)23(30-21(31)29)12-22(5-2-6-33-13-22)34-19-4-3-15(10-18(19)23)16-7-14(11-28)8-17(9-16)24(25,26)27/h3-4,7-10H,2,5-6,12-13H2,1H3,(H2,29,30). The summed E-state index contributed by atoms with van der Waals surface area (Å²) in [7, 11) is 1.53. The maximum absolute atomic E-state index is 13.5. The summed E-state index contributed by atoms with van der Waals surface area (Å²) in [6, 6.07) is 9.80. The van der Waals surface area contributed by atoms with Crippen molar-refractivity contribution in [3.05, 3.63) is 53.1 Å². The second-order valence-corrected chi connectivity index (χ2v) is 8.93. The Morgan fingerprint density at radius 2 is 2.00 bits per heavy atom. The van der Waals surface area contributed by atoms with Crippen LogP contribution in [0, 0.1) is 11.3 Å². The topological polar surface area (TPSA) is 101 Å². The third-order valence-electron chi connectivity index (χ3n) is 6.65. The Bertz CT molecular complexity index is 1260. The smallest absolute Gasteiger partial charge is 0.416 e. The average Bonchev–Trinajstić information content (AvgIpc) is 3.02. The molecule has 0 radical (unpaired) electrons. The summed E-state index contributed by atoms with van der Waals surface area (Å²) < 4.78 is 52.3. The van der Waals surface area contributed by atoms with Crippen molar-refractivity contribution in [3.63, 3.8) is 0 Å². The maximum atomic E-state index is 13.5. The van der Waals surface area contributed by atoms with Gasteiger partial charge in [0.2, 0.25) is 0 Å². The highest BCUT2D eigenvalue weighted by molar-refractivity contribution is 6.07. The Balaban J connectivity index is 1.69. The fourth-order valence-corrected chi connectivity index (χ4v) is 5.01. The van der Waals surface area contributed by atoms with E-state index < -0.39 is 22.9 Å². The summed E-state index contributed by atoms with van der Waals surface area (Å²) in [5, 5.41) is 9.26. The molecule has 2 atom stereocenters. The normalized spacial score (nSPS) is 26.3. The van der Waals surface area contributed by atoms with Gasteiger partial charge in [0.1, 0.15) is 11.4 Å². The SMILES string of the molecule is CN1C(=O)C2(CC3(CCCOC3)Oc3ccc(-c4cc(C#N)cc(C(F)(F)F)c4)cc32)N=C1N. The minimum absolute atomic E-state index is 0.0565. The number of hydrogen-bond acceptors (Lipinski definition) is 6. The molecule has 0 aromatic heterocycles. The molecule has 1 saturated heterocycles. The van der Waals surface area contributed by atoms with E-state index in [1.807, 2.05) is 0 Å². The maximum Gasteiger partial charge on any atom is 0.416 e. The summed E-state index contributed by atoms with van der Waals surface area (Å²) in [5.74, 6) is 0.132. The Morgan fingerprint density at radius 1 is 1.21 bits per heavy atom. The quantitative estimate of drug-likeness (QED) is 0.687. The molecule has 34 heavy (non-hydrogen) atoms. The highest BCUT2D eigenvalue weighted by Gasteiger charge is 2.58. The van der Waals surface area contributed by atoms with E-state index in [1.165, 1.54) is 18.0 Å². The second-order valence-electron chi connectivity index (χ2n) is 8.93. The fraction of sp³-hybridized carbons (Fsp3) is 0.375. The van der Waals surface area contributed by atoms with Crippen molar-refractivity contribution in [3.8, 4) is 22.9 Å². The van der Waals surface area contributed by atoms with Crippen molar-refractivity contribution in [2.75, 3.05) is 20.3 Å². The Labute approximate surface area is 193 Å². The van der Waals surface area contributed by atoms with Gasteiger partial charge < -0.3 is 15.2 Å². The molecule has 2 aromatic rings. The van der Waals surface area contributed by atoms with E-state index in [0.717, 1.165) is 18.6 Å². The molecule has 0 bridgehead atoms. The molecule has 2 N–H and O–H groups in total. The van der Waals surface area contributed by atoms with Gasteiger partial charge in [-0.05, 0) is 54.3 Å². The Morgan fingerprint density at radius 3 is 2.62 bits per heavy atom. The van der Waals surface area contributed by atoms with Crippen LogP contribution in [-0.2, 0) is 21.2 Å². The number of alkyl halides is 3. The van der Waals surface area contributed by atoms with Gasteiger partial charge in [-0.1, -0.05) is 6.07 Å². The number of nitrogens with two attached hydrogens (primary N) is 1. The number of benzene rings is 2. The zero-order chi connectivity index (χ0) is 24.3. The first-order valence-corrected chi connectivity index (χ1v) is 10.7. The van der Waals surface area contributed by atoms with Gasteiger partial charge in [-0.15, -0.1) is 0 Å². The van der Waals surface area contributed by atoms with Gasteiger partial charge >= 0.3 is 6.18 Å². The molecular weight excluding hydrogens is 449 g/mol. The lowest BCUT2D eigenvalue weighted by Gasteiger charge is -2.46. The van der Waals surface area contributed by atoms with Crippen molar-refractivity contribution in [2.45, 2.75) is 36.6 Å². The number of likely N-dealkylation sites (N-methyl/N-ethyl adjacent to an activating group) is 1. The van der Waals surface area contributed by atoms with Crippen LogP contribution in [0.4, 0.5) is 13.2 Å². The second kappa shape index (κ2) is 7.46. The minimum Gasteiger partial charge on any atom is -0.484 e. The number of hydrogen-bond donors (Lipinski definition) is 1. The van der Waals surface area contributed by atoms with Crippen LogP contribution in [0.2, 0.25) is 0 Å². The van der Waals surface area contributed by atoms with Gasteiger partial charge in [0.15, 0.2) is 11.5 Å². The first kappa shape index (κ1) is 22.2. The van der Waals surface area contributed by atoms with E-state index in [-0.39, 0.29) is 29.4 Å². The number of carbonyl (C=O) groups is 1. The van der Waals surface area contributed by atoms with Crippen molar-refractivity contribution >= 4 is 11.9 Å². The molecule has 7 nitrogen and oxygen atoms in total. The van der Waals surface area contributed by atoms with Crippen LogP contribution >= 0.6 is 0 Å². The summed E-state index contributed by atoms with van der Waals surface area (Å²) in [4.78, 5) is 19.3. The number of amides is 1. The van der Waals surface area contributed by atoms with E-state index in [2.05, 4.69) is 4.99 Å². The van der Waals surface area contributed by atoms with Gasteiger partial charge in [0.05, 0.1) is 23.8 Å². The molecule has 3 aliphatic heterocycles. The summed E-state index contributed by atoms with van der Waals surface area (Å²) in [5.41, 5.74) is 3.86. The lowest BCUT2D eigenvalue weighted by atomic mass is 9.74. The van der Waals surface area contributed by atoms with E-state index in [0.29, 0.717) is 36.5 Å². The minimum atomic E-state index is -4.61. The molecule has 1 amide bonds. The lowest BCUT2D eigenvalue weighted by Crippen LogP contribution is -2.55. The predicted molar refractivity (Wildman–Crippen MR) is 116 cm³/mol. The molecular formula is C24H21F3N4O3. The third-order valence-corrected chi connectivity index (χ3v) is 6.65. The highest BCUT2D eigenvalue weighted by Crippen LogP contribution is 2.52. The third kappa shape index (κ3) is 3.39. The van der Waals surface area contributed by atoms with Gasteiger partial charge in [0.25, 0.3) is 5.91 Å². The highest BCUT2D eigenvalue weighted by atomic mass is 19.4. The van der Waals surface area contributed by atoms with E-state index in [1.54, 1.807) is 24.3 Å². The number of carbonyl (C=O) groups excluding carboxylic acids is 1. The molecule has 5 rings (SSSR count). The van der Waals surface area contributed by atoms with Crippen LogP contribution in [-0.4, -0.2) is 42.6 Å². The van der Waals surface area contributed by atoms with Crippen molar-refractivity contribution < 1.29 is 27.4 Å². The first-order valence-electron chi connectivity index (χ1n) is 10.7. The van der Waals surface area contributed by atoms with Crippen molar-refractivity contribution in [1.82, 2.24) is 4.90 Å². The van der Waals surface area contributed by atoms with E-state index in [4.69, 9.17) is 15.2 Å². The number of aliphatic imine (C=N–C) groups is 1. The van der Waals surface area contributed by atoms with Crippen LogP contribution < -0.4 is 10.5 Å². The van der Waals surface area contributed by atoms with E-state index >= 15 is 0 Å². The molecule has 0 saturated carbocycles. The largest absolute Gasteiger partial charge is 0.484 e. The zero-order valence-corrected chi connectivity index (χ0v) is 18.3. The fourth-order valence-electron chi connectivity index (χ4n) is 5.01. The molecule has 2 spiro atoms. The van der Waals surface area contributed by atoms with Crippen LogP contribution in [0.15, 0.2) is 41.4 Å². The van der Waals surface area contributed by atoms with Gasteiger partial charge in [0, 0.05) is 25.6 Å². The number of guanidine groups is 1. The lowest BCUT2D eigenvalue weighted by molar-refractivity contribution is -0.139. The van der Waals surface area contributed by atoms with Crippen LogP contribution in [0.1, 0.15) is 36.0 Å². The van der Waals surface area contributed by atoms with Crippen LogP contribution in [0.5, 0.6) is 5.75 Å². The Kier molecular flexibility index (Phi) is 4.88. The Hall–Kier alpha value is -3.58. The molecule has 1 fully saturated rings. The number of halogens is 3. The number of nitrogens with zero attached hydrogens (tertiary/aromatic N) is 3. The van der Waals surface area contributed by atoms with Gasteiger partial charge in [-0.3, -0.25) is 9.69 Å². The van der Waals surface area contributed by atoms with Crippen molar-refractivity contribution in [2.24, 2.45) is 10.7 Å². The number of nitriles is 1. The predicted octanol–water partition coefficient (Wildman–Crippen LogP) is 3.56. The molecule has 3 heterocycles. The molecule has 3 aliphatic rings. The number of ether oxygens (including phenoxy) is 2. The van der Waals surface area contributed by atoms with E-state index in [9.17, 15) is 23.2 Å². The number of rotatable bonds is 1. The summed E-state index contributed by atoms with van der Waals surface area (Å²) in [6.45, 7) is 0.890. The molecule has 2 unspecified atom stereocenters. The monoisotopic (exact) mass is 470 g/mol. The summed E-state index contributed by atoms with van der Waals surface area (Å²) in [6.07, 6.45) is -2.99. The molecule has 176 valence electrons. The van der Waals surface area contributed by atoms with Gasteiger partial charge in [-0.2, -0.15) is 18.4 Å². The number of fused-ring (bicyclic) bond motifs is 2.